The molecule has 0 bridgehead atoms. The quantitative estimate of drug-likeness (QED) is 0.569. The number of hydrogen-bond acceptors (Lipinski definition) is 4. The number of nitrogens with one attached hydrogen (secondary N) is 2. The Kier molecular flexibility index (Phi) is 5.53. The van der Waals surface area contributed by atoms with Crippen LogP contribution in [0.5, 0.6) is 0 Å². The molecule has 6 heteroatoms. The first-order valence-electron chi connectivity index (χ1n) is 10.4. The van der Waals surface area contributed by atoms with Crippen molar-refractivity contribution in [1.82, 2.24) is 0 Å². The summed E-state index contributed by atoms with van der Waals surface area (Å²) in [5, 5.41) is 5.68. The Hall–Kier alpha value is -3.93. The largest absolute Gasteiger partial charge is 0.456 e. The van der Waals surface area contributed by atoms with Crippen LogP contribution in [0.1, 0.15) is 47.1 Å². The number of carbonyl (C=O) groups excluding carboxylic acids is 3. The molecule has 162 valence electrons. The lowest BCUT2D eigenvalue weighted by Crippen LogP contribution is -2.25. The van der Waals surface area contributed by atoms with Gasteiger partial charge in [0.05, 0.1) is 17.7 Å². The molecular formula is C26H24N2O4. The van der Waals surface area contributed by atoms with Gasteiger partial charge in [-0.3, -0.25) is 9.59 Å². The van der Waals surface area contributed by atoms with Crippen molar-refractivity contribution in [2.75, 3.05) is 10.6 Å². The van der Waals surface area contributed by atoms with Crippen molar-refractivity contribution in [3.05, 3.63) is 83.4 Å². The first kappa shape index (κ1) is 21.3. The Morgan fingerprint density at radius 3 is 2.34 bits per heavy atom. The predicted octanol–water partition coefficient (Wildman–Crippen LogP) is 5.06. The van der Waals surface area contributed by atoms with Gasteiger partial charge in [0.1, 0.15) is 5.60 Å². The van der Waals surface area contributed by atoms with E-state index in [1.54, 1.807) is 57.2 Å². The van der Waals surface area contributed by atoms with Crippen LogP contribution in [0.2, 0.25) is 0 Å². The topological polar surface area (TPSA) is 84.5 Å². The molecule has 0 saturated carbocycles. The number of anilines is 2. The second-order valence-corrected chi connectivity index (χ2v) is 8.68. The standard InChI is InChI=1S/C26H24N2O4/c1-26(2,3)32-25(31)20-11-9-18(17-10-12-21-19(13-17)15-23(29)27-21)14-22(20)28-24(30)16-7-5-4-6-8-16/h4-14H,15H2,1-3H3,(H,27,29)(H,28,30). The highest BCUT2D eigenvalue weighted by Crippen LogP contribution is 2.32. The van der Waals surface area contributed by atoms with Crippen LogP contribution < -0.4 is 10.6 Å². The molecule has 3 aromatic rings. The van der Waals surface area contributed by atoms with Crippen LogP contribution in [-0.4, -0.2) is 23.4 Å². The van der Waals surface area contributed by atoms with Crippen molar-refractivity contribution in [3.63, 3.8) is 0 Å². The third-order valence-electron chi connectivity index (χ3n) is 4.99. The van der Waals surface area contributed by atoms with Gasteiger partial charge in [-0.1, -0.05) is 30.3 Å². The van der Waals surface area contributed by atoms with Gasteiger partial charge in [-0.25, -0.2) is 4.79 Å². The number of ether oxygens (including phenoxy) is 1. The lowest BCUT2D eigenvalue weighted by molar-refractivity contribution is -0.115. The molecule has 0 radical (unpaired) electrons. The molecule has 1 aliphatic rings. The molecule has 2 N–H and O–H groups in total. The smallest absolute Gasteiger partial charge is 0.340 e. The lowest BCUT2D eigenvalue weighted by Gasteiger charge is -2.21. The van der Waals surface area contributed by atoms with E-state index in [-0.39, 0.29) is 17.4 Å². The number of hydrogen-bond donors (Lipinski definition) is 2. The normalized spacial score (nSPS) is 12.7. The molecule has 0 aromatic heterocycles. The van der Waals surface area contributed by atoms with Crippen molar-refractivity contribution in [2.45, 2.75) is 32.8 Å². The summed E-state index contributed by atoms with van der Waals surface area (Å²) in [7, 11) is 0. The van der Waals surface area contributed by atoms with Crippen LogP contribution >= 0.6 is 0 Å². The van der Waals surface area contributed by atoms with Gasteiger partial charge in [0.25, 0.3) is 5.91 Å². The monoisotopic (exact) mass is 428 g/mol. The van der Waals surface area contributed by atoms with Crippen LogP contribution in [-0.2, 0) is 16.0 Å². The molecular weight excluding hydrogens is 404 g/mol. The zero-order valence-corrected chi connectivity index (χ0v) is 18.2. The number of fused-ring (bicyclic) bond motifs is 1. The van der Waals surface area contributed by atoms with Crippen molar-refractivity contribution < 1.29 is 19.1 Å². The average Bonchev–Trinajstić information content (AvgIpc) is 3.12. The number of esters is 1. The Bertz CT molecular complexity index is 1210. The summed E-state index contributed by atoms with van der Waals surface area (Å²) in [5.41, 5.74) is 3.85. The molecule has 0 fully saturated rings. The van der Waals surface area contributed by atoms with Gasteiger partial charge in [0.2, 0.25) is 5.91 Å². The maximum Gasteiger partial charge on any atom is 0.340 e. The van der Waals surface area contributed by atoms with Crippen LogP contribution in [0.3, 0.4) is 0 Å². The molecule has 0 aliphatic carbocycles. The third-order valence-corrected chi connectivity index (χ3v) is 4.99. The fraction of sp³-hybridized carbons (Fsp3) is 0.192. The SMILES string of the molecule is CC(C)(C)OC(=O)c1ccc(-c2ccc3c(c2)CC(=O)N3)cc1NC(=O)c1ccccc1. The summed E-state index contributed by atoms with van der Waals surface area (Å²) >= 11 is 0. The van der Waals surface area contributed by atoms with Gasteiger partial charge in [0.15, 0.2) is 0 Å². The molecule has 6 nitrogen and oxygen atoms in total. The minimum Gasteiger partial charge on any atom is -0.456 e. The van der Waals surface area contributed by atoms with E-state index in [0.717, 1.165) is 22.4 Å². The van der Waals surface area contributed by atoms with Crippen molar-refractivity contribution in [2.24, 2.45) is 0 Å². The Labute approximate surface area is 186 Å². The molecule has 3 aromatic carbocycles. The zero-order chi connectivity index (χ0) is 22.9. The molecule has 4 rings (SSSR count). The second-order valence-electron chi connectivity index (χ2n) is 8.68. The first-order valence-corrected chi connectivity index (χ1v) is 10.4. The molecule has 0 atom stereocenters. The van der Waals surface area contributed by atoms with Gasteiger partial charge in [-0.05, 0) is 73.9 Å². The predicted molar refractivity (Wildman–Crippen MR) is 124 cm³/mol. The average molecular weight is 428 g/mol. The first-order chi connectivity index (χ1) is 15.2. The highest BCUT2D eigenvalue weighted by molar-refractivity contribution is 6.08. The minimum absolute atomic E-state index is 0.0340. The maximum absolute atomic E-state index is 12.8. The minimum atomic E-state index is -0.671. The summed E-state index contributed by atoms with van der Waals surface area (Å²) < 4.78 is 5.53. The van der Waals surface area contributed by atoms with E-state index in [1.807, 2.05) is 30.3 Å². The van der Waals surface area contributed by atoms with Crippen molar-refractivity contribution >= 4 is 29.2 Å². The van der Waals surface area contributed by atoms with E-state index in [1.165, 1.54) is 0 Å². The highest BCUT2D eigenvalue weighted by Gasteiger charge is 2.23. The number of benzene rings is 3. The Balaban J connectivity index is 1.72. The molecule has 0 unspecified atom stereocenters. The third kappa shape index (κ3) is 4.70. The van der Waals surface area contributed by atoms with Crippen LogP contribution in [0.4, 0.5) is 11.4 Å². The Morgan fingerprint density at radius 2 is 1.62 bits per heavy atom. The second kappa shape index (κ2) is 8.30. The molecule has 1 aliphatic heterocycles. The molecule has 1 heterocycles. The van der Waals surface area contributed by atoms with E-state index >= 15 is 0 Å². The number of rotatable bonds is 4. The molecule has 0 spiro atoms. The molecule has 32 heavy (non-hydrogen) atoms. The summed E-state index contributed by atoms with van der Waals surface area (Å²) in [6.07, 6.45) is 0.330. The number of amides is 2. The molecule has 0 saturated heterocycles. The fourth-order valence-corrected chi connectivity index (χ4v) is 3.53. The van der Waals surface area contributed by atoms with Crippen LogP contribution in [0, 0.1) is 0 Å². The Morgan fingerprint density at radius 1 is 0.938 bits per heavy atom. The van der Waals surface area contributed by atoms with E-state index in [4.69, 9.17) is 4.74 Å². The molecule has 2 amide bonds. The van der Waals surface area contributed by atoms with E-state index in [9.17, 15) is 14.4 Å². The van der Waals surface area contributed by atoms with Crippen molar-refractivity contribution in [1.29, 1.82) is 0 Å². The lowest BCUT2D eigenvalue weighted by atomic mass is 9.99. The van der Waals surface area contributed by atoms with E-state index in [0.29, 0.717) is 17.7 Å². The summed E-state index contributed by atoms with van der Waals surface area (Å²) in [5.74, 6) is -0.874. The van der Waals surface area contributed by atoms with Gasteiger partial charge >= 0.3 is 5.97 Å². The van der Waals surface area contributed by atoms with Gasteiger partial charge in [0, 0.05) is 11.3 Å². The van der Waals surface area contributed by atoms with Crippen LogP contribution in [0.25, 0.3) is 11.1 Å². The van der Waals surface area contributed by atoms with Gasteiger partial charge < -0.3 is 15.4 Å². The maximum atomic E-state index is 12.8. The van der Waals surface area contributed by atoms with Gasteiger partial charge in [-0.15, -0.1) is 0 Å². The summed E-state index contributed by atoms with van der Waals surface area (Å²) in [4.78, 5) is 37.3. The fourth-order valence-electron chi connectivity index (χ4n) is 3.53. The zero-order valence-electron chi connectivity index (χ0n) is 18.2. The van der Waals surface area contributed by atoms with E-state index in [2.05, 4.69) is 10.6 Å². The summed E-state index contributed by atoms with van der Waals surface area (Å²) in [6.45, 7) is 5.38. The number of carbonyl (C=O) groups is 3. The summed E-state index contributed by atoms with van der Waals surface area (Å²) in [6, 6.07) is 19.7. The van der Waals surface area contributed by atoms with Crippen LogP contribution in [0.15, 0.2) is 66.7 Å². The van der Waals surface area contributed by atoms with E-state index < -0.39 is 11.6 Å². The highest BCUT2D eigenvalue weighted by atomic mass is 16.6. The van der Waals surface area contributed by atoms with Crippen molar-refractivity contribution in [3.8, 4) is 11.1 Å². The van der Waals surface area contributed by atoms with Gasteiger partial charge in [-0.2, -0.15) is 0 Å².